The van der Waals surface area contributed by atoms with Crippen LogP contribution in [0.5, 0.6) is 0 Å². The lowest BCUT2D eigenvalue weighted by molar-refractivity contribution is 0.395. The van der Waals surface area contributed by atoms with E-state index in [1.54, 1.807) is 0 Å². The predicted octanol–water partition coefficient (Wildman–Crippen LogP) is 3.39. The summed E-state index contributed by atoms with van der Waals surface area (Å²) in [4.78, 5) is 9.16. The molecule has 0 atom stereocenters. The van der Waals surface area contributed by atoms with E-state index in [9.17, 15) is 0 Å². The molecule has 0 bridgehead atoms. The Hall–Kier alpha value is -2.23. The molecule has 3 aromatic rings. The molecular weight excluding hydrogens is 248 g/mol. The molecule has 2 aromatic heterocycles. The monoisotopic (exact) mass is 264 g/mol. The number of rotatable bonds is 2. The third-order valence-corrected chi connectivity index (χ3v) is 4.05. The van der Waals surface area contributed by atoms with Crippen LogP contribution in [0.2, 0.25) is 0 Å². The first-order valence-electron chi connectivity index (χ1n) is 7.10. The number of aryl methyl sites for hydroxylation is 1. The van der Waals surface area contributed by atoms with E-state index in [0.29, 0.717) is 5.92 Å². The maximum absolute atomic E-state index is 4.64. The molecule has 4 rings (SSSR count). The minimum absolute atomic E-state index is 0.551. The number of fused-ring (bicyclic) bond motifs is 1. The molecule has 0 amide bonds. The quantitative estimate of drug-likeness (QED) is 0.712. The van der Waals surface area contributed by atoms with Crippen molar-refractivity contribution in [2.75, 3.05) is 0 Å². The van der Waals surface area contributed by atoms with E-state index >= 15 is 0 Å². The Bertz CT molecular complexity index is 766. The molecule has 100 valence electrons. The van der Waals surface area contributed by atoms with Gasteiger partial charge in [-0.15, -0.1) is 0 Å². The molecule has 1 fully saturated rings. The van der Waals surface area contributed by atoms with Crippen LogP contribution in [0.1, 0.15) is 36.8 Å². The smallest absolute Gasteiger partial charge is 0.148 e. The molecule has 0 radical (unpaired) electrons. The molecule has 4 nitrogen and oxygen atoms in total. The fourth-order valence-electron chi connectivity index (χ4n) is 2.80. The van der Waals surface area contributed by atoms with Crippen molar-refractivity contribution in [2.45, 2.75) is 32.1 Å². The van der Waals surface area contributed by atoms with Gasteiger partial charge in [-0.25, -0.2) is 9.67 Å². The summed E-state index contributed by atoms with van der Waals surface area (Å²) in [5.74, 6) is 2.47. The lowest BCUT2D eigenvalue weighted by atomic mass is 9.85. The molecule has 4 heteroatoms. The van der Waals surface area contributed by atoms with Crippen molar-refractivity contribution < 1.29 is 0 Å². The summed E-state index contributed by atoms with van der Waals surface area (Å²) in [5, 5.41) is 5.74. The number of benzene rings is 1. The minimum Gasteiger partial charge on any atom is -0.254 e. The first kappa shape index (κ1) is 11.6. The van der Waals surface area contributed by atoms with Crippen LogP contribution in [0, 0.1) is 6.92 Å². The van der Waals surface area contributed by atoms with E-state index in [4.69, 9.17) is 0 Å². The molecule has 1 aliphatic carbocycles. The molecule has 0 saturated heterocycles. The summed E-state index contributed by atoms with van der Waals surface area (Å²) in [6.45, 7) is 1.96. The van der Waals surface area contributed by atoms with Gasteiger partial charge in [0.25, 0.3) is 0 Å². The SMILES string of the molecule is Cc1nc(C2CCC2)n(-c2cccc3cccnc23)n1. The van der Waals surface area contributed by atoms with Crippen LogP contribution in [0.4, 0.5) is 0 Å². The van der Waals surface area contributed by atoms with Crippen molar-refractivity contribution in [1.82, 2.24) is 19.7 Å². The average molecular weight is 264 g/mol. The molecule has 1 saturated carbocycles. The summed E-state index contributed by atoms with van der Waals surface area (Å²) >= 11 is 0. The zero-order valence-corrected chi connectivity index (χ0v) is 11.5. The minimum atomic E-state index is 0.551. The molecule has 0 unspecified atom stereocenters. The number of nitrogens with zero attached hydrogens (tertiary/aromatic N) is 4. The summed E-state index contributed by atoms with van der Waals surface area (Å²) < 4.78 is 1.99. The van der Waals surface area contributed by atoms with E-state index in [1.165, 1.54) is 19.3 Å². The highest BCUT2D eigenvalue weighted by atomic mass is 15.4. The van der Waals surface area contributed by atoms with Crippen molar-refractivity contribution in [3.05, 3.63) is 48.2 Å². The first-order chi connectivity index (χ1) is 9.83. The predicted molar refractivity (Wildman–Crippen MR) is 78.0 cm³/mol. The van der Waals surface area contributed by atoms with Gasteiger partial charge in [-0.1, -0.05) is 24.6 Å². The van der Waals surface area contributed by atoms with Gasteiger partial charge in [0.15, 0.2) is 0 Å². The third-order valence-electron chi connectivity index (χ3n) is 4.05. The molecule has 20 heavy (non-hydrogen) atoms. The maximum atomic E-state index is 4.64. The zero-order valence-electron chi connectivity index (χ0n) is 11.5. The standard InChI is InChI=1S/C16H16N4/c1-11-18-16(13-6-2-7-13)20(19-11)14-9-3-5-12-8-4-10-17-15(12)14/h3-5,8-10,13H,2,6-7H2,1H3. The van der Waals surface area contributed by atoms with Gasteiger partial charge in [-0.05, 0) is 31.9 Å². The Kier molecular flexibility index (Phi) is 2.55. The summed E-state index contributed by atoms with van der Waals surface area (Å²) in [7, 11) is 0. The lowest BCUT2D eigenvalue weighted by Crippen LogP contribution is -2.15. The molecule has 0 aliphatic heterocycles. The van der Waals surface area contributed by atoms with Gasteiger partial charge < -0.3 is 0 Å². The Morgan fingerprint density at radius 3 is 2.80 bits per heavy atom. The average Bonchev–Trinajstić information content (AvgIpc) is 2.77. The molecular formula is C16H16N4. The maximum Gasteiger partial charge on any atom is 0.148 e. The second-order valence-electron chi connectivity index (χ2n) is 5.41. The van der Waals surface area contributed by atoms with Crippen molar-refractivity contribution in [2.24, 2.45) is 0 Å². The van der Waals surface area contributed by atoms with Crippen molar-refractivity contribution in [3.63, 3.8) is 0 Å². The Balaban J connectivity index is 1.95. The second-order valence-corrected chi connectivity index (χ2v) is 5.41. The third kappa shape index (κ3) is 1.72. The van der Waals surface area contributed by atoms with Crippen LogP contribution in [0.15, 0.2) is 36.5 Å². The largest absolute Gasteiger partial charge is 0.254 e. The molecule has 0 N–H and O–H groups in total. The Morgan fingerprint density at radius 1 is 1.15 bits per heavy atom. The fraction of sp³-hybridized carbons (Fsp3) is 0.312. The van der Waals surface area contributed by atoms with Crippen LogP contribution in [0.25, 0.3) is 16.6 Å². The summed E-state index contributed by atoms with van der Waals surface area (Å²) in [6.07, 6.45) is 5.57. The summed E-state index contributed by atoms with van der Waals surface area (Å²) in [5.41, 5.74) is 2.02. The van der Waals surface area contributed by atoms with Gasteiger partial charge in [-0.2, -0.15) is 5.10 Å². The van der Waals surface area contributed by atoms with Gasteiger partial charge in [0, 0.05) is 17.5 Å². The van der Waals surface area contributed by atoms with Gasteiger partial charge in [0.1, 0.15) is 11.6 Å². The van der Waals surface area contributed by atoms with Crippen molar-refractivity contribution in [1.29, 1.82) is 0 Å². The molecule has 2 heterocycles. The Labute approximate surface area is 117 Å². The van der Waals surface area contributed by atoms with Crippen molar-refractivity contribution >= 4 is 10.9 Å². The Morgan fingerprint density at radius 2 is 2.00 bits per heavy atom. The van der Waals surface area contributed by atoms with Crippen molar-refractivity contribution in [3.8, 4) is 5.69 Å². The van der Waals surface area contributed by atoms with E-state index in [0.717, 1.165) is 28.2 Å². The zero-order chi connectivity index (χ0) is 13.5. The van der Waals surface area contributed by atoms with Gasteiger partial charge in [-0.3, -0.25) is 4.98 Å². The van der Waals surface area contributed by atoms with E-state index in [1.807, 2.05) is 23.9 Å². The molecule has 1 aliphatic rings. The van der Waals surface area contributed by atoms with Crippen LogP contribution in [-0.2, 0) is 0 Å². The van der Waals surface area contributed by atoms with E-state index in [-0.39, 0.29) is 0 Å². The lowest BCUT2D eigenvalue weighted by Gasteiger charge is -2.24. The van der Waals surface area contributed by atoms with E-state index in [2.05, 4.69) is 39.3 Å². The van der Waals surface area contributed by atoms with Crippen LogP contribution in [0.3, 0.4) is 0 Å². The number of hydrogen-bond donors (Lipinski definition) is 0. The normalized spacial score (nSPS) is 15.4. The topological polar surface area (TPSA) is 43.6 Å². The van der Waals surface area contributed by atoms with Crippen LogP contribution in [-0.4, -0.2) is 19.7 Å². The van der Waals surface area contributed by atoms with E-state index < -0.39 is 0 Å². The van der Waals surface area contributed by atoms with Crippen LogP contribution < -0.4 is 0 Å². The fourth-order valence-corrected chi connectivity index (χ4v) is 2.80. The number of pyridine rings is 1. The second kappa shape index (κ2) is 4.40. The summed E-state index contributed by atoms with van der Waals surface area (Å²) in [6, 6.07) is 10.3. The van der Waals surface area contributed by atoms with Gasteiger partial charge in [0.05, 0.1) is 11.2 Å². The van der Waals surface area contributed by atoms with Gasteiger partial charge in [0.2, 0.25) is 0 Å². The first-order valence-corrected chi connectivity index (χ1v) is 7.10. The van der Waals surface area contributed by atoms with Crippen LogP contribution >= 0.6 is 0 Å². The molecule has 0 spiro atoms. The van der Waals surface area contributed by atoms with Gasteiger partial charge >= 0.3 is 0 Å². The molecule has 1 aromatic carbocycles. The number of aromatic nitrogens is 4. The number of hydrogen-bond acceptors (Lipinski definition) is 3. The number of para-hydroxylation sites is 1. The highest BCUT2D eigenvalue weighted by molar-refractivity contribution is 5.86. The highest BCUT2D eigenvalue weighted by Crippen LogP contribution is 2.36. The highest BCUT2D eigenvalue weighted by Gasteiger charge is 2.26.